The number of benzene rings is 4. The summed E-state index contributed by atoms with van der Waals surface area (Å²) >= 11 is 1.76. The summed E-state index contributed by atoms with van der Waals surface area (Å²) in [5, 5.41) is 2.35. The van der Waals surface area contributed by atoms with Crippen molar-refractivity contribution in [2.75, 3.05) is 4.90 Å². The molecule has 4 aromatic carbocycles. The Labute approximate surface area is 228 Å². The van der Waals surface area contributed by atoms with E-state index in [1.54, 1.807) is 24.2 Å². The van der Waals surface area contributed by atoms with E-state index in [-0.39, 0.29) is 0 Å². The Balaban J connectivity index is 1.45. The minimum Gasteiger partial charge on any atom is -0.294 e. The number of rotatable bonds is 3. The Hall–Kier alpha value is -5.01. The Bertz CT molecular complexity index is 1920. The maximum Gasteiger partial charge on any atom is 0.237 e. The summed E-state index contributed by atoms with van der Waals surface area (Å²) in [6.45, 7) is 0. The number of hydrogen-bond donors (Lipinski definition) is 0. The molecule has 0 amide bonds. The van der Waals surface area contributed by atoms with Crippen LogP contribution in [0.3, 0.4) is 0 Å². The van der Waals surface area contributed by atoms with Crippen LogP contribution in [-0.4, -0.2) is 24.5 Å². The van der Waals surface area contributed by atoms with E-state index in [0.29, 0.717) is 17.5 Å². The molecule has 0 N–H and O–H groups in total. The average Bonchev–Trinajstić information content (AvgIpc) is 3.34. The van der Waals surface area contributed by atoms with Gasteiger partial charge in [-0.1, -0.05) is 72.4 Å². The highest BCUT2D eigenvalue weighted by molar-refractivity contribution is 7.99. The van der Waals surface area contributed by atoms with Crippen molar-refractivity contribution in [3.05, 3.63) is 122 Å². The number of hydrogen-bond acceptors (Lipinski definition) is 6. The molecular formula is C32H20N6S. The summed E-state index contributed by atoms with van der Waals surface area (Å²) in [7, 11) is 0. The van der Waals surface area contributed by atoms with Crippen LogP contribution in [0.25, 0.3) is 39.1 Å². The highest BCUT2D eigenvalue weighted by Gasteiger charge is 2.27. The monoisotopic (exact) mass is 520 g/mol. The fourth-order valence-electron chi connectivity index (χ4n) is 5.27. The van der Waals surface area contributed by atoms with E-state index in [1.165, 1.54) is 10.8 Å². The van der Waals surface area contributed by atoms with E-state index >= 15 is 0 Å². The lowest BCUT2D eigenvalue weighted by molar-refractivity contribution is 0.986. The third kappa shape index (κ3) is 3.51. The van der Waals surface area contributed by atoms with Gasteiger partial charge in [0.25, 0.3) is 0 Å². The molecule has 4 heterocycles. The number of anilines is 3. The van der Waals surface area contributed by atoms with Gasteiger partial charge in [0.2, 0.25) is 5.95 Å². The maximum atomic E-state index is 5.24. The molecule has 0 saturated heterocycles. The summed E-state index contributed by atoms with van der Waals surface area (Å²) in [5.41, 5.74) is 4.91. The van der Waals surface area contributed by atoms with Crippen molar-refractivity contribution in [1.82, 2.24) is 24.5 Å². The summed E-state index contributed by atoms with van der Waals surface area (Å²) in [6.07, 6.45) is 3.48. The molecule has 7 aromatic rings. The van der Waals surface area contributed by atoms with Crippen molar-refractivity contribution in [3.63, 3.8) is 0 Å². The first-order valence-electron chi connectivity index (χ1n) is 12.7. The SMILES string of the molecule is c1cnc(-c2cc(-n3c4ccccc4c4ccccc43)nc(N3c4ccccc4Sc4ccccc43)n2)nc1. The largest absolute Gasteiger partial charge is 0.294 e. The first-order valence-corrected chi connectivity index (χ1v) is 13.5. The third-order valence-electron chi connectivity index (χ3n) is 6.94. The lowest BCUT2D eigenvalue weighted by Gasteiger charge is -2.31. The van der Waals surface area contributed by atoms with E-state index in [0.717, 1.165) is 38.0 Å². The van der Waals surface area contributed by atoms with Crippen LogP contribution in [0, 0.1) is 0 Å². The van der Waals surface area contributed by atoms with Gasteiger partial charge in [0.15, 0.2) is 5.82 Å². The van der Waals surface area contributed by atoms with Gasteiger partial charge in [-0.2, -0.15) is 4.98 Å². The Kier molecular flexibility index (Phi) is 4.96. The van der Waals surface area contributed by atoms with Gasteiger partial charge < -0.3 is 0 Å². The van der Waals surface area contributed by atoms with Crippen LogP contribution >= 0.6 is 11.8 Å². The van der Waals surface area contributed by atoms with E-state index in [9.17, 15) is 0 Å². The molecule has 0 bridgehead atoms. The number of fused-ring (bicyclic) bond motifs is 5. The topological polar surface area (TPSA) is 59.7 Å². The van der Waals surface area contributed by atoms with Gasteiger partial charge in [-0.15, -0.1) is 0 Å². The van der Waals surface area contributed by atoms with E-state index < -0.39 is 0 Å². The zero-order valence-corrected chi connectivity index (χ0v) is 21.5. The second kappa shape index (κ2) is 8.79. The van der Waals surface area contributed by atoms with Gasteiger partial charge in [-0.3, -0.25) is 9.47 Å². The number of nitrogens with zero attached hydrogens (tertiary/aromatic N) is 6. The Morgan fingerprint density at radius 2 is 1.13 bits per heavy atom. The van der Waals surface area contributed by atoms with Gasteiger partial charge in [-0.25, -0.2) is 15.0 Å². The van der Waals surface area contributed by atoms with Crippen molar-refractivity contribution < 1.29 is 0 Å². The molecule has 0 spiro atoms. The maximum absolute atomic E-state index is 5.24. The van der Waals surface area contributed by atoms with Crippen molar-refractivity contribution in [2.24, 2.45) is 0 Å². The summed E-state index contributed by atoms with van der Waals surface area (Å²) < 4.78 is 2.21. The molecule has 0 fully saturated rings. The molecule has 3 aromatic heterocycles. The molecule has 39 heavy (non-hydrogen) atoms. The molecule has 0 saturated carbocycles. The second-order valence-corrected chi connectivity index (χ2v) is 10.3. The van der Waals surface area contributed by atoms with Gasteiger partial charge in [0.1, 0.15) is 11.5 Å². The third-order valence-corrected chi connectivity index (χ3v) is 8.07. The molecule has 1 aliphatic heterocycles. The molecule has 8 rings (SSSR count). The van der Waals surface area contributed by atoms with Gasteiger partial charge in [0.05, 0.1) is 22.4 Å². The van der Waals surface area contributed by atoms with Crippen LogP contribution in [-0.2, 0) is 0 Å². The minimum absolute atomic E-state index is 0.552. The molecule has 0 radical (unpaired) electrons. The Morgan fingerprint density at radius 3 is 1.77 bits per heavy atom. The summed E-state index contributed by atoms with van der Waals surface area (Å²) in [5.74, 6) is 1.88. The normalized spacial score (nSPS) is 12.5. The van der Waals surface area contributed by atoms with Crippen molar-refractivity contribution in [3.8, 4) is 17.3 Å². The van der Waals surface area contributed by atoms with E-state index in [4.69, 9.17) is 9.97 Å². The zero-order chi connectivity index (χ0) is 25.8. The van der Waals surface area contributed by atoms with Gasteiger partial charge in [0, 0.05) is 39.0 Å². The molecule has 1 aliphatic rings. The second-order valence-electron chi connectivity index (χ2n) is 9.23. The molecule has 0 aliphatic carbocycles. The number of para-hydroxylation sites is 4. The lowest BCUT2D eigenvalue weighted by Crippen LogP contribution is -2.18. The highest BCUT2D eigenvalue weighted by Crippen LogP contribution is 2.50. The summed E-state index contributed by atoms with van der Waals surface area (Å²) in [4.78, 5) is 23.8. The summed E-state index contributed by atoms with van der Waals surface area (Å²) in [6, 6.07) is 37.4. The molecule has 7 heteroatoms. The average molecular weight is 521 g/mol. The molecule has 0 atom stereocenters. The lowest BCUT2D eigenvalue weighted by atomic mass is 10.2. The van der Waals surface area contributed by atoms with Crippen molar-refractivity contribution in [1.29, 1.82) is 0 Å². The first kappa shape index (κ1) is 22.0. The van der Waals surface area contributed by atoms with Gasteiger partial charge >= 0.3 is 0 Å². The van der Waals surface area contributed by atoms with Crippen LogP contribution < -0.4 is 4.90 Å². The predicted octanol–water partition coefficient (Wildman–Crippen LogP) is 7.97. The fraction of sp³-hybridized carbons (Fsp3) is 0. The van der Waals surface area contributed by atoms with Crippen LogP contribution in [0.4, 0.5) is 17.3 Å². The smallest absolute Gasteiger partial charge is 0.237 e. The van der Waals surface area contributed by atoms with Crippen LogP contribution in [0.5, 0.6) is 0 Å². The van der Waals surface area contributed by atoms with Crippen LogP contribution in [0.15, 0.2) is 131 Å². The Morgan fingerprint density at radius 1 is 0.564 bits per heavy atom. The minimum atomic E-state index is 0.552. The predicted molar refractivity (Wildman–Crippen MR) is 156 cm³/mol. The number of aromatic nitrogens is 5. The fourth-order valence-corrected chi connectivity index (χ4v) is 6.33. The molecule has 184 valence electrons. The molecular weight excluding hydrogens is 500 g/mol. The standard InChI is InChI=1S/C32H20N6S/c1-3-12-24-21(10-1)22-11-2-4-13-25(22)37(24)30-20-23(31-33-18-9-19-34-31)35-32(36-30)38-26-14-5-7-16-28(26)39-29-17-8-6-15-27(29)38/h1-20H. The van der Waals surface area contributed by atoms with Crippen molar-refractivity contribution >= 4 is 50.9 Å². The van der Waals surface area contributed by atoms with Crippen LogP contribution in [0.1, 0.15) is 0 Å². The zero-order valence-electron chi connectivity index (χ0n) is 20.6. The molecule has 0 unspecified atom stereocenters. The van der Waals surface area contributed by atoms with E-state index in [2.05, 4.69) is 116 Å². The highest BCUT2D eigenvalue weighted by atomic mass is 32.2. The van der Waals surface area contributed by atoms with Gasteiger partial charge in [-0.05, 0) is 42.5 Å². The quantitative estimate of drug-likeness (QED) is 0.235. The molecule has 6 nitrogen and oxygen atoms in total. The van der Waals surface area contributed by atoms with Crippen LogP contribution in [0.2, 0.25) is 0 Å². The first-order chi connectivity index (χ1) is 19.3. The van der Waals surface area contributed by atoms with Crippen molar-refractivity contribution in [2.45, 2.75) is 9.79 Å². The van der Waals surface area contributed by atoms with E-state index in [1.807, 2.05) is 12.1 Å².